The van der Waals surface area contributed by atoms with Gasteiger partial charge in [-0.1, -0.05) is 37.8 Å². The molecule has 4 heterocycles. The molecule has 0 N–H and O–H groups in total. The van der Waals surface area contributed by atoms with Gasteiger partial charge in [0.25, 0.3) is 0 Å². The van der Waals surface area contributed by atoms with Gasteiger partial charge in [-0.05, 0) is 12.8 Å². The minimum absolute atomic E-state index is 0.0482. The SMILES string of the molecule is CN(Cc1cnccn1)C(=O)C1C2C(=O)N(C3CCCCCC3)C[C@@]23C=C[C@@H]1O3. The smallest absolute Gasteiger partial charge is 0.230 e. The first-order valence-corrected chi connectivity index (χ1v) is 10.8. The molecule has 2 unspecified atom stereocenters. The van der Waals surface area contributed by atoms with Crippen molar-refractivity contribution in [3.8, 4) is 0 Å². The molecule has 7 heteroatoms. The molecule has 2 saturated heterocycles. The third kappa shape index (κ3) is 3.06. The molecule has 0 radical (unpaired) electrons. The average molecular weight is 396 g/mol. The zero-order chi connectivity index (χ0) is 20.0. The molecule has 4 atom stereocenters. The molecule has 1 aliphatic carbocycles. The Bertz CT molecular complexity index is 821. The quantitative estimate of drug-likeness (QED) is 0.574. The number of carbonyl (C=O) groups is 2. The second-order valence-corrected chi connectivity index (χ2v) is 8.90. The van der Waals surface area contributed by atoms with Crippen LogP contribution in [0.25, 0.3) is 0 Å². The number of hydrogen-bond acceptors (Lipinski definition) is 5. The predicted molar refractivity (Wildman–Crippen MR) is 105 cm³/mol. The zero-order valence-electron chi connectivity index (χ0n) is 16.9. The molecule has 29 heavy (non-hydrogen) atoms. The Balaban J connectivity index is 1.36. The lowest BCUT2D eigenvalue weighted by atomic mass is 9.76. The number of likely N-dealkylation sites (tertiary alicyclic amines) is 1. The molecule has 154 valence electrons. The van der Waals surface area contributed by atoms with Crippen LogP contribution in [0.1, 0.15) is 44.2 Å². The Kier molecular flexibility index (Phi) is 4.65. The van der Waals surface area contributed by atoms with Gasteiger partial charge >= 0.3 is 0 Å². The van der Waals surface area contributed by atoms with E-state index < -0.39 is 17.4 Å². The highest BCUT2D eigenvalue weighted by Gasteiger charge is 2.67. The number of carbonyl (C=O) groups excluding carboxylic acids is 2. The number of ether oxygens (including phenoxy) is 1. The summed E-state index contributed by atoms with van der Waals surface area (Å²) in [7, 11) is 1.77. The third-order valence-corrected chi connectivity index (χ3v) is 7.07. The molecule has 3 fully saturated rings. The summed E-state index contributed by atoms with van der Waals surface area (Å²) in [5, 5.41) is 0. The molecule has 1 aromatic rings. The lowest BCUT2D eigenvalue weighted by molar-refractivity contribution is -0.143. The van der Waals surface area contributed by atoms with E-state index in [0.717, 1.165) is 18.5 Å². The lowest BCUT2D eigenvalue weighted by Crippen LogP contribution is -2.45. The minimum Gasteiger partial charge on any atom is -0.360 e. The van der Waals surface area contributed by atoms with E-state index in [-0.39, 0.29) is 24.0 Å². The van der Waals surface area contributed by atoms with Gasteiger partial charge in [0, 0.05) is 25.5 Å². The number of amides is 2. The van der Waals surface area contributed by atoms with E-state index in [1.807, 2.05) is 17.1 Å². The standard InChI is InChI=1S/C22H28N4O3/c1-25(13-15-12-23-10-11-24-15)20(27)18-17-8-9-22(29-17)14-26(21(28)19(18)22)16-6-4-2-3-5-7-16/h8-12,16-19H,2-7,13-14H2,1H3/t17-,18?,19?,22-/m0/s1. The normalized spacial score (nSPS) is 33.8. The van der Waals surface area contributed by atoms with Crippen LogP contribution >= 0.6 is 0 Å². The molecule has 0 aromatic carbocycles. The van der Waals surface area contributed by atoms with Crippen molar-refractivity contribution in [2.45, 2.75) is 62.8 Å². The number of rotatable bonds is 4. The largest absolute Gasteiger partial charge is 0.360 e. The molecule has 7 nitrogen and oxygen atoms in total. The van der Waals surface area contributed by atoms with E-state index in [1.165, 1.54) is 25.7 Å². The highest BCUT2D eigenvalue weighted by molar-refractivity contribution is 5.93. The molecule has 1 saturated carbocycles. The van der Waals surface area contributed by atoms with Crippen LogP contribution in [-0.4, -0.2) is 62.9 Å². The van der Waals surface area contributed by atoms with Gasteiger partial charge in [-0.25, -0.2) is 0 Å². The van der Waals surface area contributed by atoms with Crippen LogP contribution in [0, 0.1) is 11.8 Å². The van der Waals surface area contributed by atoms with Crippen LogP contribution in [0.5, 0.6) is 0 Å². The van der Waals surface area contributed by atoms with Crippen molar-refractivity contribution in [2.75, 3.05) is 13.6 Å². The van der Waals surface area contributed by atoms with Gasteiger partial charge in [0.15, 0.2) is 0 Å². The van der Waals surface area contributed by atoms with E-state index >= 15 is 0 Å². The first-order valence-electron chi connectivity index (χ1n) is 10.8. The number of hydrogen-bond donors (Lipinski definition) is 0. The monoisotopic (exact) mass is 396 g/mol. The summed E-state index contributed by atoms with van der Waals surface area (Å²) in [6.45, 7) is 0.964. The molecule has 1 aromatic heterocycles. The van der Waals surface area contributed by atoms with Crippen LogP contribution in [0.3, 0.4) is 0 Å². The summed E-state index contributed by atoms with van der Waals surface area (Å²) in [4.78, 5) is 38.9. The summed E-state index contributed by atoms with van der Waals surface area (Å²) < 4.78 is 6.29. The fourth-order valence-corrected chi connectivity index (χ4v) is 5.68. The van der Waals surface area contributed by atoms with E-state index in [0.29, 0.717) is 13.1 Å². The van der Waals surface area contributed by atoms with Crippen molar-refractivity contribution in [1.29, 1.82) is 0 Å². The van der Waals surface area contributed by atoms with Crippen molar-refractivity contribution < 1.29 is 14.3 Å². The Morgan fingerprint density at radius 3 is 2.79 bits per heavy atom. The lowest BCUT2D eigenvalue weighted by Gasteiger charge is -2.30. The Hall–Kier alpha value is -2.28. The van der Waals surface area contributed by atoms with E-state index in [9.17, 15) is 9.59 Å². The molecule has 2 bridgehead atoms. The van der Waals surface area contributed by atoms with Crippen LogP contribution < -0.4 is 0 Å². The highest BCUT2D eigenvalue weighted by Crippen LogP contribution is 2.53. The first kappa shape index (κ1) is 18.7. The van der Waals surface area contributed by atoms with Gasteiger partial charge in [-0.3, -0.25) is 19.6 Å². The Morgan fingerprint density at radius 2 is 2.07 bits per heavy atom. The van der Waals surface area contributed by atoms with Crippen LogP contribution in [0.4, 0.5) is 0 Å². The summed E-state index contributed by atoms with van der Waals surface area (Å²) in [5.41, 5.74) is 0.109. The third-order valence-electron chi connectivity index (χ3n) is 7.07. The predicted octanol–water partition coefficient (Wildman–Crippen LogP) is 1.94. The van der Waals surface area contributed by atoms with E-state index in [4.69, 9.17) is 4.74 Å². The molecule has 4 aliphatic rings. The number of aromatic nitrogens is 2. The van der Waals surface area contributed by atoms with Crippen LogP contribution in [0.2, 0.25) is 0 Å². The van der Waals surface area contributed by atoms with Gasteiger partial charge in [0.05, 0.1) is 42.9 Å². The molecule has 2 amide bonds. The van der Waals surface area contributed by atoms with Gasteiger partial charge < -0.3 is 14.5 Å². The van der Waals surface area contributed by atoms with E-state index in [2.05, 4.69) is 9.97 Å². The summed E-state index contributed by atoms with van der Waals surface area (Å²) in [5.74, 6) is -0.801. The average Bonchev–Trinajstić information content (AvgIpc) is 3.28. The van der Waals surface area contributed by atoms with Gasteiger partial charge in [-0.2, -0.15) is 0 Å². The van der Waals surface area contributed by atoms with Crippen molar-refractivity contribution in [3.63, 3.8) is 0 Å². The molecular weight excluding hydrogens is 368 g/mol. The van der Waals surface area contributed by atoms with Crippen molar-refractivity contribution in [3.05, 3.63) is 36.4 Å². The highest BCUT2D eigenvalue weighted by atomic mass is 16.5. The molecule has 3 aliphatic heterocycles. The number of nitrogens with zero attached hydrogens (tertiary/aromatic N) is 4. The zero-order valence-corrected chi connectivity index (χ0v) is 16.9. The maximum Gasteiger partial charge on any atom is 0.230 e. The van der Waals surface area contributed by atoms with Gasteiger partial charge in [0.1, 0.15) is 5.60 Å². The molecule has 5 rings (SSSR count). The molecule has 1 spiro atoms. The number of fused-ring (bicyclic) bond motifs is 1. The van der Waals surface area contributed by atoms with E-state index in [1.54, 1.807) is 30.5 Å². The first-order chi connectivity index (χ1) is 14.1. The molecular formula is C22H28N4O3. The summed E-state index contributed by atoms with van der Waals surface area (Å²) in [6.07, 6.45) is 15.6. The van der Waals surface area contributed by atoms with Gasteiger partial charge in [-0.15, -0.1) is 0 Å². The topological polar surface area (TPSA) is 75.6 Å². The second kappa shape index (κ2) is 7.20. The van der Waals surface area contributed by atoms with Gasteiger partial charge in [0.2, 0.25) is 11.8 Å². The van der Waals surface area contributed by atoms with Crippen LogP contribution in [0.15, 0.2) is 30.7 Å². The van der Waals surface area contributed by atoms with Crippen molar-refractivity contribution >= 4 is 11.8 Å². The summed E-state index contributed by atoms with van der Waals surface area (Å²) >= 11 is 0. The maximum atomic E-state index is 13.5. The van der Waals surface area contributed by atoms with Crippen LogP contribution in [-0.2, 0) is 20.9 Å². The maximum absolute atomic E-state index is 13.5. The van der Waals surface area contributed by atoms with Crippen molar-refractivity contribution in [1.82, 2.24) is 19.8 Å². The fourth-order valence-electron chi connectivity index (χ4n) is 5.68. The second-order valence-electron chi connectivity index (χ2n) is 8.90. The Labute approximate surface area is 171 Å². The Morgan fingerprint density at radius 1 is 1.28 bits per heavy atom. The minimum atomic E-state index is -0.623. The fraction of sp³-hybridized carbons (Fsp3) is 0.636. The summed E-state index contributed by atoms with van der Waals surface area (Å²) in [6, 6.07) is 0.286. The van der Waals surface area contributed by atoms with Crippen molar-refractivity contribution in [2.24, 2.45) is 11.8 Å².